The summed E-state index contributed by atoms with van der Waals surface area (Å²) in [5.74, 6) is -0.574. The Balaban J connectivity index is 1.45. The molecule has 2 aliphatic rings. The normalized spacial score (nSPS) is 20.8. The van der Waals surface area contributed by atoms with E-state index < -0.39 is 21.8 Å². The van der Waals surface area contributed by atoms with E-state index in [9.17, 15) is 18.0 Å². The lowest BCUT2D eigenvalue weighted by atomic mass is 9.99. The molecule has 0 aliphatic carbocycles. The van der Waals surface area contributed by atoms with E-state index in [1.165, 1.54) is 0 Å². The van der Waals surface area contributed by atoms with Gasteiger partial charge in [-0.15, -0.1) is 0 Å². The van der Waals surface area contributed by atoms with Crippen LogP contribution >= 0.6 is 11.6 Å². The maximum absolute atomic E-state index is 12.9. The van der Waals surface area contributed by atoms with Gasteiger partial charge in [0.2, 0.25) is 5.91 Å². The lowest BCUT2D eigenvalue weighted by molar-refractivity contribution is -0.116. The summed E-state index contributed by atoms with van der Waals surface area (Å²) < 4.78 is 25.3. The van der Waals surface area contributed by atoms with Crippen molar-refractivity contribution in [1.29, 1.82) is 0 Å². The molecule has 2 aliphatic heterocycles. The molecule has 1 fully saturated rings. The first kappa shape index (κ1) is 22.6. The van der Waals surface area contributed by atoms with E-state index in [0.29, 0.717) is 33.4 Å². The van der Waals surface area contributed by atoms with Gasteiger partial charge < -0.3 is 15.5 Å². The summed E-state index contributed by atoms with van der Waals surface area (Å²) in [4.78, 5) is 27.3. The van der Waals surface area contributed by atoms with Crippen LogP contribution < -0.4 is 10.6 Å². The van der Waals surface area contributed by atoms with E-state index in [1.54, 1.807) is 42.5 Å². The largest absolute Gasteiger partial charge is 0.371 e. The molecule has 0 radical (unpaired) electrons. The lowest BCUT2D eigenvalue weighted by Gasteiger charge is -2.31. The smallest absolute Gasteiger partial charge is 0.253 e. The Morgan fingerprint density at radius 1 is 1.19 bits per heavy atom. The molecule has 2 N–H and O–H groups in total. The van der Waals surface area contributed by atoms with Gasteiger partial charge in [0.1, 0.15) is 6.04 Å². The van der Waals surface area contributed by atoms with E-state index >= 15 is 0 Å². The summed E-state index contributed by atoms with van der Waals surface area (Å²) in [5, 5.41) is 6.23. The van der Waals surface area contributed by atoms with Crippen LogP contribution in [0.15, 0.2) is 42.5 Å². The number of rotatable bonds is 5. The number of carbonyl (C=O) groups excluding carboxylic acids is 2. The number of nitrogens with zero attached hydrogens (tertiary/aromatic N) is 1. The molecule has 2 atom stereocenters. The van der Waals surface area contributed by atoms with Crippen molar-refractivity contribution >= 4 is 44.6 Å². The van der Waals surface area contributed by atoms with Gasteiger partial charge in [-0.2, -0.15) is 0 Å². The van der Waals surface area contributed by atoms with E-state index in [1.807, 2.05) is 4.90 Å². The summed E-state index contributed by atoms with van der Waals surface area (Å²) in [6.45, 7) is 3.60. The highest BCUT2D eigenvalue weighted by molar-refractivity contribution is 7.90. The molecule has 2 heterocycles. The van der Waals surface area contributed by atoms with Crippen LogP contribution in [0.4, 0.5) is 11.4 Å². The zero-order valence-electron chi connectivity index (χ0n) is 17.8. The van der Waals surface area contributed by atoms with Gasteiger partial charge >= 0.3 is 0 Å². The van der Waals surface area contributed by atoms with Crippen LogP contribution in [0.25, 0.3) is 0 Å². The van der Waals surface area contributed by atoms with Crippen molar-refractivity contribution in [1.82, 2.24) is 4.90 Å². The Kier molecular flexibility index (Phi) is 6.44. The molecule has 2 amide bonds. The highest BCUT2D eigenvalue weighted by Crippen LogP contribution is 2.29. The van der Waals surface area contributed by atoms with Gasteiger partial charge in [0.05, 0.1) is 22.9 Å². The summed E-state index contributed by atoms with van der Waals surface area (Å²) >= 11 is 5.94. The molecule has 4 rings (SSSR count). The number of carbonyl (C=O) groups is 2. The highest BCUT2D eigenvalue weighted by Gasteiger charge is 2.31. The zero-order chi connectivity index (χ0) is 22.9. The van der Waals surface area contributed by atoms with Crippen molar-refractivity contribution < 1.29 is 18.0 Å². The third-order valence-electron chi connectivity index (χ3n) is 5.81. The Morgan fingerprint density at radius 2 is 2.00 bits per heavy atom. The van der Waals surface area contributed by atoms with Gasteiger partial charge in [-0.25, -0.2) is 8.42 Å². The maximum atomic E-state index is 12.9. The van der Waals surface area contributed by atoms with Crippen molar-refractivity contribution in [3.05, 3.63) is 58.6 Å². The van der Waals surface area contributed by atoms with E-state index in [4.69, 9.17) is 11.6 Å². The summed E-state index contributed by atoms with van der Waals surface area (Å²) in [6, 6.07) is 10.8. The van der Waals surface area contributed by atoms with E-state index in [-0.39, 0.29) is 17.4 Å². The summed E-state index contributed by atoms with van der Waals surface area (Å²) in [7, 11) is -3.57. The number of amides is 2. The number of hydrogen-bond donors (Lipinski definition) is 2. The highest BCUT2D eigenvalue weighted by atomic mass is 35.5. The zero-order valence-corrected chi connectivity index (χ0v) is 19.4. The standard InChI is InChI=1S/C23H26ClN3O4S/c1-15-4-3-9-27(12-15)23(29)17-7-8-19-20(11-17)26-22(28)21(25-19)14-32(30,31)13-16-5-2-6-18(24)10-16/h2,5-8,10-11,15,21,25H,3-4,9,12-14H2,1H3,(H,26,28). The van der Waals surface area contributed by atoms with Crippen LogP contribution in [-0.4, -0.2) is 50.0 Å². The molecular formula is C23H26ClN3O4S. The Bertz CT molecular complexity index is 1150. The molecule has 7 nitrogen and oxygen atoms in total. The van der Waals surface area contributed by atoms with Gasteiger partial charge in [0.15, 0.2) is 9.84 Å². The second-order valence-electron chi connectivity index (χ2n) is 8.63. The second kappa shape index (κ2) is 9.11. The Labute approximate surface area is 193 Å². The van der Waals surface area contributed by atoms with Crippen molar-refractivity contribution in [2.75, 3.05) is 29.5 Å². The number of sulfone groups is 1. The van der Waals surface area contributed by atoms with Gasteiger partial charge in [0, 0.05) is 23.7 Å². The number of hydrogen-bond acceptors (Lipinski definition) is 5. The molecule has 1 saturated heterocycles. The Hall–Kier alpha value is -2.58. The van der Waals surface area contributed by atoms with Crippen LogP contribution in [0.3, 0.4) is 0 Å². The summed E-state index contributed by atoms with van der Waals surface area (Å²) in [6.07, 6.45) is 2.11. The maximum Gasteiger partial charge on any atom is 0.253 e. The first-order valence-electron chi connectivity index (χ1n) is 10.7. The van der Waals surface area contributed by atoms with Crippen molar-refractivity contribution in [3.8, 4) is 0 Å². The molecular weight excluding hydrogens is 450 g/mol. The van der Waals surface area contributed by atoms with Gasteiger partial charge in [0.25, 0.3) is 5.91 Å². The number of fused-ring (bicyclic) bond motifs is 1. The monoisotopic (exact) mass is 475 g/mol. The number of benzene rings is 2. The molecule has 2 unspecified atom stereocenters. The van der Waals surface area contributed by atoms with Crippen LogP contribution in [0.2, 0.25) is 5.02 Å². The fourth-order valence-electron chi connectivity index (χ4n) is 4.25. The number of nitrogens with one attached hydrogen (secondary N) is 2. The van der Waals surface area contributed by atoms with Crippen LogP contribution in [0, 0.1) is 5.92 Å². The molecule has 170 valence electrons. The lowest BCUT2D eigenvalue weighted by Crippen LogP contribution is -2.44. The molecule has 2 aromatic carbocycles. The van der Waals surface area contributed by atoms with Crippen LogP contribution in [0.5, 0.6) is 0 Å². The number of piperidine rings is 1. The molecule has 0 saturated carbocycles. The number of halogens is 1. The van der Waals surface area contributed by atoms with Gasteiger partial charge in [-0.05, 0) is 54.7 Å². The fraction of sp³-hybridized carbons (Fsp3) is 0.391. The third kappa shape index (κ3) is 5.24. The quantitative estimate of drug-likeness (QED) is 0.689. The average molecular weight is 476 g/mol. The SMILES string of the molecule is CC1CCCN(C(=O)c2ccc3c(c2)NC(=O)C(CS(=O)(=O)Cc2cccc(Cl)c2)N3)C1. The molecule has 0 aromatic heterocycles. The first-order chi connectivity index (χ1) is 15.2. The van der Waals surface area contributed by atoms with Crippen molar-refractivity contribution in [3.63, 3.8) is 0 Å². The molecule has 0 spiro atoms. The second-order valence-corrected chi connectivity index (χ2v) is 11.2. The van der Waals surface area contributed by atoms with Crippen LogP contribution in [-0.2, 0) is 20.4 Å². The molecule has 32 heavy (non-hydrogen) atoms. The minimum absolute atomic E-state index is 0.0557. The predicted molar refractivity (Wildman–Crippen MR) is 126 cm³/mol. The topological polar surface area (TPSA) is 95.6 Å². The minimum atomic E-state index is -3.57. The van der Waals surface area contributed by atoms with Crippen molar-refractivity contribution in [2.24, 2.45) is 5.92 Å². The number of likely N-dealkylation sites (tertiary alicyclic amines) is 1. The van der Waals surface area contributed by atoms with Gasteiger partial charge in [-0.3, -0.25) is 9.59 Å². The van der Waals surface area contributed by atoms with E-state index in [0.717, 1.165) is 25.9 Å². The molecule has 9 heteroatoms. The third-order valence-corrected chi connectivity index (χ3v) is 7.66. The minimum Gasteiger partial charge on any atom is -0.371 e. The predicted octanol–water partition coefficient (Wildman–Crippen LogP) is 3.56. The number of anilines is 2. The van der Waals surface area contributed by atoms with Gasteiger partial charge in [-0.1, -0.05) is 30.7 Å². The molecule has 2 aromatic rings. The Morgan fingerprint density at radius 3 is 2.75 bits per heavy atom. The summed E-state index contributed by atoms with van der Waals surface area (Å²) in [5.41, 5.74) is 2.15. The molecule has 0 bridgehead atoms. The fourth-order valence-corrected chi connectivity index (χ4v) is 6.01. The first-order valence-corrected chi connectivity index (χ1v) is 12.9. The van der Waals surface area contributed by atoms with E-state index in [2.05, 4.69) is 17.6 Å². The van der Waals surface area contributed by atoms with Crippen LogP contribution in [0.1, 0.15) is 35.7 Å². The average Bonchev–Trinajstić information content (AvgIpc) is 2.73. The van der Waals surface area contributed by atoms with Crippen molar-refractivity contribution in [2.45, 2.75) is 31.6 Å².